The van der Waals surface area contributed by atoms with Crippen molar-refractivity contribution in [3.63, 3.8) is 0 Å². The number of amides is 1. The number of aromatic nitrogens is 1. The van der Waals surface area contributed by atoms with Crippen molar-refractivity contribution in [3.8, 4) is 11.8 Å². The number of ether oxygens (including phenoxy) is 1. The largest absolute Gasteiger partial charge is 0.494 e. The quantitative estimate of drug-likeness (QED) is 0.326. The molecule has 0 unspecified atom stereocenters. The summed E-state index contributed by atoms with van der Waals surface area (Å²) in [7, 11) is 0. The SMILES string of the molecule is CCOc1ccc(C(=O)N/N=C/c2c(C)n(Cc3cccc(C#N)c3)c3ccccc23)cc1. The second kappa shape index (κ2) is 9.84. The van der Waals surface area contributed by atoms with Crippen LogP contribution in [0.5, 0.6) is 5.75 Å². The average molecular weight is 437 g/mol. The fourth-order valence-corrected chi connectivity index (χ4v) is 3.84. The minimum absolute atomic E-state index is 0.288. The summed E-state index contributed by atoms with van der Waals surface area (Å²) in [6.07, 6.45) is 1.69. The summed E-state index contributed by atoms with van der Waals surface area (Å²) in [5.74, 6) is 0.435. The Labute approximate surface area is 192 Å². The number of fused-ring (bicyclic) bond motifs is 1. The van der Waals surface area contributed by atoms with Crippen LogP contribution < -0.4 is 10.2 Å². The molecular weight excluding hydrogens is 412 g/mol. The molecule has 4 aromatic rings. The van der Waals surface area contributed by atoms with Gasteiger partial charge in [-0.15, -0.1) is 0 Å². The second-order valence-electron chi connectivity index (χ2n) is 7.57. The Hall–Kier alpha value is -4.37. The van der Waals surface area contributed by atoms with Gasteiger partial charge >= 0.3 is 0 Å². The minimum atomic E-state index is -0.288. The monoisotopic (exact) mass is 436 g/mol. The van der Waals surface area contributed by atoms with E-state index in [4.69, 9.17) is 4.74 Å². The predicted octanol–water partition coefficient (Wildman–Crippen LogP) is 5.03. The Balaban J connectivity index is 1.57. The van der Waals surface area contributed by atoms with Crippen LogP contribution in [-0.4, -0.2) is 23.3 Å². The molecule has 1 amide bonds. The van der Waals surface area contributed by atoms with Gasteiger partial charge in [0, 0.05) is 34.3 Å². The van der Waals surface area contributed by atoms with Gasteiger partial charge in [-0.1, -0.05) is 30.3 Å². The zero-order chi connectivity index (χ0) is 23.2. The van der Waals surface area contributed by atoms with Gasteiger partial charge in [-0.2, -0.15) is 10.4 Å². The van der Waals surface area contributed by atoms with Crippen LogP contribution in [0.15, 0.2) is 77.9 Å². The van der Waals surface area contributed by atoms with Gasteiger partial charge in [0.2, 0.25) is 0 Å². The van der Waals surface area contributed by atoms with Gasteiger partial charge in [-0.3, -0.25) is 4.79 Å². The molecule has 0 bridgehead atoms. The van der Waals surface area contributed by atoms with E-state index in [1.807, 2.05) is 50.2 Å². The highest BCUT2D eigenvalue weighted by Gasteiger charge is 2.13. The van der Waals surface area contributed by atoms with Gasteiger partial charge < -0.3 is 9.30 Å². The lowest BCUT2D eigenvalue weighted by Crippen LogP contribution is -2.17. The lowest BCUT2D eigenvalue weighted by molar-refractivity contribution is 0.0955. The molecule has 0 fully saturated rings. The zero-order valence-electron chi connectivity index (χ0n) is 18.6. The molecule has 4 rings (SSSR count). The molecule has 6 heteroatoms. The Morgan fingerprint density at radius 1 is 1.12 bits per heavy atom. The maximum Gasteiger partial charge on any atom is 0.271 e. The lowest BCUT2D eigenvalue weighted by atomic mass is 10.1. The fraction of sp³-hybridized carbons (Fsp3) is 0.148. The molecule has 0 radical (unpaired) electrons. The summed E-state index contributed by atoms with van der Waals surface area (Å²) in [4.78, 5) is 12.5. The van der Waals surface area contributed by atoms with E-state index in [1.54, 1.807) is 36.5 Å². The van der Waals surface area contributed by atoms with Crippen LogP contribution in [-0.2, 0) is 6.54 Å². The topological polar surface area (TPSA) is 79.4 Å². The third-order valence-corrected chi connectivity index (χ3v) is 5.46. The summed E-state index contributed by atoms with van der Waals surface area (Å²) in [5.41, 5.74) is 7.83. The molecule has 0 saturated carbocycles. The Bertz CT molecular complexity index is 1360. The van der Waals surface area contributed by atoms with Gasteiger partial charge in [0.05, 0.1) is 24.5 Å². The number of carbonyl (C=O) groups excluding carboxylic acids is 1. The molecule has 1 N–H and O–H groups in total. The maximum absolute atomic E-state index is 12.5. The molecule has 0 aliphatic carbocycles. The first-order valence-corrected chi connectivity index (χ1v) is 10.7. The summed E-state index contributed by atoms with van der Waals surface area (Å²) >= 11 is 0. The van der Waals surface area contributed by atoms with E-state index in [2.05, 4.69) is 27.2 Å². The van der Waals surface area contributed by atoms with Crippen LogP contribution in [0.1, 0.15) is 39.7 Å². The zero-order valence-corrected chi connectivity index (χ0v) is 18.6. The van der Waals surface area contributed by atoms with Gasteiger partial charge in [-0.25, -0.2) is 5.43 Å². The average Bonchev–Trinajstić information content (AvgIpc) is 3.11. The number of nitrogens with one attached hydrogen (secondary N) is 1. The van der Waals surface area contributed by atoms with Crippen LogP contribution in [0.2, 0.25) is 0 Å². The fourth-order valence-electron chi connectivity index (χ4n) is 3.84. The first kappa shape index (κ1) is 21.8. The molecule has 1 heterocycles. The number of carbonyl (C=O) groups is 1. The smallest absolute Gasteiger partial charge is 0.271 e. The van der Waals surface area contributed by atoms with Crippen molar-refractivity contribution in [3.05, 3.63) is 101 Å². The summed E-state index contributed by atoms with van der Waals surface area (Å²) in [6.45, 7) is 5.16. The number of hydrogen-bond acceptors (Lipinski definition) is 4. The van der Waals surface area contributed by atoms with E-state index >= 15 is 0 Å². The van der Waals surface area contributed by atoms with Crippen molar-refractivity contribution in [2.75, 3.05) is 6.61 Å². The predicted molar refractivity (Wildman–Crippen MR) is 130 cm³/mol. The van der Waals surface area contributed by atoms with E-state index in [0.29, 0.717) is 24.3 Å². The van der Waals surface area contributed by atoms with Gasteiger partial charge in [0.25, 0.3) is 5.91 Å². The van der Waals surface area contributed by atoms with Crippen LogP contribution in [0, 0.1) is 18.3 Å². The van der Waals surface area contributed by atoms with E-state index in [0.717, 1.165) is 33.5 Å². The third kappa shape index (κ3) is 4.78. The van der Waals surface area contributed by atoms with E-state index < -0.39 is 0 Å². The highest BCUT2D eigenvalue weighted by atomic mass is 16.5. The van der Waals surface area contributed by atoms with E-state index in [-0.39, 0.29) is 5.91 Å². The number of rotatable bonds is 7. The normalized spacial score (nSPS) is 10.9. The first-order chi connectivity index (χ1) is 16.1. The number of para-hydroxylation sites is 1. The highest BCUT2D eigenvalue weighted by Crippen LogP contribution is 2.25. The molecule has 0 spiro atoms. The second-order valence-corrected chi connectivity index (χ2v) is 7.57. The van der Waals surface area contributed by atoms with Gasteiger partial charge in [0.1, 0.15) is 5.75 Å². The summed E-state index contributed by atoms with van der Waals surface area (Å²) in [6, 6.07) is 24.8. The van der Waals surface area contributed by atoms with Crippen molar-refractivity contribution < 1.29 is 9.53 Å². The lowest BCUT2D eigenvalue weighted by Gasteiger charge is -2.09. The van der Waals surface area contributed by atoms with Crippen molar-refractivity contribution in [2.45, 2.75) is 20.4 Å². The third-order valence-electron chi connectivity index (χ3n) is 5.46. The number of hydrazone groups is 1. The number of benzene rings is 3. The molecule has 0 atom stereocenters. The molecule has 0 aliphatic rings. The van der Waals surface area contributed by atoms with Crippen molar-refractivity contribution in [1.82, 2.24) is 9.99 Å². The first-order valence-electron chi connectivity index (χ1n) is 10.7. The number of hydrogen-bond donors (Lipinski definition) is 1. The highest BCUT2D eigenvalue weighted by molar-refractivity contribution is 6.02. The molecule has 33 heavy (non-hydrogen) atoms. The van der Waals surface area contributed by atoms with E-state index in [1.165, 1.54) is 0 Å². The number of nitriles is 1. The van der Waals surface area contributed by atoms with Crippen LogP contribution in [0.25, 0.3) is 10.9 Å². The van der Waals surface area contributed by atoms with Crippen LogP contribution in [0.4, 0.5) is 0 Å². The molecule has 0 aliphatic heterocycles. The Morgan fingerprint density at radius 3 is 2.67 bits per heavy atom. The standard InChI is InChI=1S/C27H24N4O2/c1-3-33-23-13-11-22(12-14-23)27(32)30-29-17-25-19(2)31(26-10-5-4-9-24(25)26)18-21-8-6-7-20(15-21)16-28/h4-15,17H,3,18H2,1-2H3,(H,30,32)/b29-17+. The van der Waals surface area contributed by atoms with Gasteiger partial charge in [-0.05, 0) is 61.9 Å². The minimum Gasteiger partial charge on any atom is -0.494 e. The Kier molecular flexibility index (Phi) is 6.51. The van der Waals surface area contributed by atoms with Crippen molar-refractivity contribution in [1.29, 1.82) is 5.26 Å². The molecule has 1 aromatic heterocycles. The van der Waals surface area contributed by atoms with Crippen LogP contribution in [0.3, 0.4) is 0 Å². The molecule has 6 nitrogen and oxygen atoms in total. The van der Waals surface area contributed by atoms with E-state index in [9.17, 15) is 10.1 Å². The summed E-state index contributed by atoms with van der Waals surface area (Å²) < 4.78 is 7.61. The van der Waals surface area contributed by atoms with Crippen LogP contribution >= 0.6 is 0 Å². The molecule has 0 saturated heterocycles. The molecular formula is C27H24N4O2. The van der Waals surface area contributed by atoms with Crippen molar-refractivity contribution >= 4 is 23.0 Å². The Morgan fingerprint density at radius 2 is 1.91 bits per heavy atom. The van der Waals surface area contributed by atoms with Crippen molar-refractivity contribution in [2.24, 2.45) is 5.10 Å². The summed E-state index contributed by atoms with van der Waals surface area (Å²) in [5, 5.41) is 14.5. The maximum atomic E-state index is 12.5. The number of nitrogens with zero attached hydrogens (tertiary/aromatic N) is 3. The van der Waals surface area contributed by atoms with Gasteiger partial charge in [0.15, 0.2) is 0 Å². The molecule has 3 aromatic carbocycles. The molecule has 164 valence electrons.